The van der Waals surface area contributed by atoms with Crippen LogP contribution in [0, 0.1) is 0 Å². The average Bonchev–Trinajstić information content (AvgIpc) is 2.85. The molecule has 0 aromatic heterocycles. The van der Waals surface area contributed by atoms with Crippen LogP contribution in [0.5, 0.6) is 0 Å². The molecule has 4 rings (SSSR count). The van der Waals surface area contributed by atoms with E-state index in [1.165, 1.54) is 23.9 Å². The van der Waals surface area contributed by atoms with E-state index in [4.69, 9.17) is 0 Å². The Morgan fingerprint density at radius 1 is 0.826 bits per heavy atom. The normalized spacial score (nSPS) is 13.8. The Kier molecular flexibility index (Phi) is 3.03. The van der Waals surface area contributed by atoms with Gasteiger partial charge in [0.15, 0.2) is 0 Å². The third kappa shape index (κ3) is 2.23. The number of carbonyl (C=O) groups excluding carboxylic acids is 1. The van der Waals surface area contributed by atoms with Gasteiger partial charge in [-0.15, -0.1) is 0 Å². The molecule has 0 unspecified atom stereocenters. The molecule has 0 bridgehead atoms. The number of carbonyl (C=O) groups is 1. The number of thioether (sulfide) groups is 1. The summed E-state index contributed by atoms with van der Waals surface area (Å²) >= 11 is 1.19. The van der Waals surface area contributed by atoms with Crippen LogP contribution >= 0.6 is 11.8 Å². The lowest BCUT2D eigenvalue weighted by atomic mass is 9.95. The molecular weight excluding hydrogens is 321 g/mol. The molecule has 23 heavy (non-hydrogen) atoms. The molecule has 0 atom stereocenters. The molecule has 0 N–H and O–H groups in total. The molecule has 1 aliphatic rings. The number of rotatable bonds is 1. The quantitative estimate of drug-likeness (QED) is 0.563. The SMILES string of the molecule is O=C1Sc2ccc(-c3ccc(C(F)(F)F)cc3)c3cccc1c23. The first kappa shape index (κ1) is 14.3. The van der Waals surface area contributed by atoms with E-state index < -0.39 is 11.7 Å². The summed E-state index contributed by atoms with van der Waals surface area (Å²) in [5.74, 6) is 0. The van der Waals surface area contributed by atoms with Crippen LogP contribution in [0.2, 0.25) is 0 Å². The zero-order chi connectivity index (χ0) is 16.2. The summed E-state index contributed by atoms with van der Waals surface area (Å²) in [6.45, 7) is 0. The van der Waals surface area contributed by atoms with Crippen LogP contribution in [0.15, 0.2) is 59.5 Å². The minimum atomic E-state index is -4.34. The molecule has 0 spiro atoms. The molecule has 0 saturated carbocycles. The molecule has 3 aromatic carbocycles. The van der Waals surface area contributed by atoms with Gasteiger partial charge in [0.05, 0.1) is 5.56 Å². The van der Waals surface area contributed by atoms with Crippen LogP contribution in [0.3, 0.4) is 0 Å². The van der Waals surface area contributed by atoms with Crippen LogP contribution < -0.4 is 0 Å². The lowest BCUT2D eigenvalue weighted by Crippen LogP contribution is -2.04. The molecule has 0 aliphatic carbocycles. The fourth-order valence-electron chi connectivity index (χ4n) is 2.87. The molecule has 1 nitrogen and oxygen atoms in total. The van der Waals surface area contributed by atoms with Crippen molar-refractivity contribution < 1.29 is 18.0 Å². The number of hydrogen-bond donors (Lipinski definition) is 0. The fraction of sp³-hybridized carbons (Fsp3) is 0.0556. The smallest absolute Gasteiger partial charge is 0.281 e. The topological polar surface area (TPSA) is 17.1 Å². The first-order valence-corrected chi connectivity index (χ1v) is 7.72. The second kappa shape index (κ2) is 4.86. The minimum Gasteiger partial charge on any atom is -0.281 e. The number of halogens is 3. The van der Waals surface area contributed by atoms with Crippen LogP contribution in [0.4, 0.5) is 13.2 Å². The predicted molar refractivity (Wildman–Crippen MR) is 84.6 cm³/mol. The minimum absolute atomic E-state index is 0.00942. The first-order valence-electron chi connectivity index (χ1n) is 6.91. The summed E-state index contributed by atoms with van der Waals surface area (Å²) < 4.78 is 38.1. The average molecular weight is 330 g/mol. The third-order valence-electron chi connectivity index (χ3n) is 3.95. The maximum Gasteiger partial charge on any atom is 0.416 e. The number of hydrogen-bond acceptors (Lipinski definition) is 2. The first-order chi connectivity index (χ1) is 10.9. The van der Waals surface area contributed by atoms with Gasteiger partial charge in [-0.25, -0.2) is 0 Å². The van der Waals surface area contributed by atoms with Gasteiger partial charge >= 0.3 is 6.18 Å². The van der Waals surface area contributed by atoms with E-state index in [1.807, 2.05) is 18.2 Å². The summed E-state index contributed by atoms with van der Waals surface area (Å²) in [5, 5.41) is 1.79. The fourth-order valence-corrected chi connectivity index (χ4v) is 3.81. The van der Waals surface area contributed by atoms with Gasteiger partial charge in [0.2, 0.25) is 5.12 Å². The van der Waals surface area contributed by atoms with Crippen molar-refractivity contribution >= 4 is 27.6 Å². The van der Waals surface area contributed by atoms with Gasteiger partial charge in [0.1, 0.15) is 0 Å². The van der Waals surface area contributed by atoms with Crippen LogP contribution in [-0.2, 0) is 6.18 Å². The van der Waals surface area contributed by atoms with Crippen molar-refractivity contribution in [1.29, 1.82) is 0 Å². The molecule has 1 aliphatic heterocycles. The molecule has 0 amide bonds. The summed E-state index contributed by atoms with van der Waals surface area (Å²) in [6, 6.07) is 14.3. The van der Waals surface area contributed by atoms with E-state index in [9.17, 15) is 18.0 Å². The van der Waals surface area contributed by atoms with Crippen molar-refractivity contribution in [3.63, 3.8) is 0 Å². The largest absolute Gasteiger partial charge is 0.416 e. The lowest BCUT2D eigenvalue weighted by Gasteiger charge is -2.10. The lowest BCUT2D eigenvalue weighted by molar-refractivity contribution is -0.137. The third-order valence-corrected chi connectivity index (χ3v) is 4.91. The molecule has 1 heterocycles. The monoisotopic (exact) mass is 330 g/mol. The highest BCUT2D eigenvalue weighted by Crippen LogP contribution is 2.43. The van der Waals surface area contributed by atoms with Gasteiger partial charge in [-0.05, 0) is 52.5 Å². The Labute approximate surface area is 134 Å². The maximum absolute atomic E-state index is 12.7. The van der Waals surface area contributed by atoms with Gasteiger partial charge in [0.25, 0.3) is 0 Å². The second-order valence-corrected chi connectivity index (χ2v) is 6.32. The predicted octanol–water partition coefficient (Wildman–Crippen LogP) is 5.77. The molecule has 0 radical (unpaired) electrons. The molecule has 114 valence electrons. The highest BCUT2D eigenvalue weighted by atomic mass is 32.2. The van der Waals surface area contributed by atoms with E-state index in [2.05, 4.69) is 0 Å². The second-order valence-electron chi connectivity index (χ2n) is 5.30. The zero-order valence-corrected chi connectivity index (χ0v) is 12.5. The van der Waals surface area contributed by atoms with Gasteiger partial charge in [0, 0.05) is 15.8 Å². The van der Waals surface area contributed by atoms with Gasteiger partial charge in [-0.3, -0.25) is 4.79 Å². The van der Waals surface area contributed by atoms with Crippen LogP contribution in [0.1, 0.15) is 15.9 Å². The van der Waals surface area contributed by atoms with Gasteiger partial charge < -0.3 is 0 Å². The maximum atomic E-state index is 12.7. The molecule has 0 saturated heterocycles. The van der Waals surface area contributed by atoms with Gasteiger partial charge in [-0.2, -0.15) is 13.2 Å². The van der Waals surface area contributed by atoms with E-state index in [0.29, 0.717) is 11.1 Å². The molecule has 5 heteroatoms. The Balaban J connectivity index is 1.91. The van der Waals surface area contributed by atoms with Crippen molar-refractivity contribution in [3.8, 4) is 11.1 Å². The Bertz CT molecular complexity index is 943. The Morgan fingerprint density at radius 3 is 2.26 bits per heavy atom. The Hall–Kier alpha value is -2.27. The molecular formula is C18H9F3OS. The zero-order valence-electron chi connectivity index (χ0n) is 11.6. The standard InChI is InChI=1S/C18H9F3OS/c19-18(20,21)11-6-4-10(5-7-11)12-8-9-15-16-13(12)2-1-3-14(16)17(22)23-15/h1-9H. The van der Waals surface area contributed by atoms with E-state index in [0.717, 1.165) is 33.4 Å². The number of benzene rings is 3. The van der Waals surface area contributed by atoms with Crippen LogP contribution in [0.25, 0.3) is 21.9 Å². The highest BCUT2D eigenvalue weighted by molar-refractivity contribution is 8.14. The summed E-state index contributed by atoms with van der Waals surface area (Å²) in [5.41, 5.74) is 1.52. The van der Waals surface area contributed by atoms with E-state index in [-0.39, 0.29) is 5.12 Å². The molecule has 3 aromatic rings. The van der Waals surface area contributed by atoms with Crippen molar-refractivity contribution in [2.45, 2.75) is 11.1 Å². The van der Waals surface area contributed by atoms with Crippen molar-refractivity contribution in [1.82, 2.24) is 0 Å². The van der Waals surface area contributed by atoms with Gasteiger partial charge in [-0.1, -0.05) is 30.3 Å². The molecule has 0 fully saturated rings. The van der Waals surface area contributed by atoms with Crippen molar-refractivity contribution in [2.75, 3.05) is 0 Å². The Morgan fingerprint density at radius 2 is 1.57 bits per heavy atom. The highest BCUT2D eigenvalue weighted by Gasteiger charge is 2.30. The van der Waals surface area contributed by atoms with E-state index >= 15 is 0 Å². The number of alkyl halides is 3. The summed E-state index contributed by atoms with van der Waals surface area (Å²) in [7, 11) is 0. The van der Waals surface area contributed by atoms with Crippen molar-refractivity contribution in [2.24, 2.45) is 0 Å². The van der Waals surface area contributed by atoms with Crippen LogP contribution in [-0.4, -0.2) is 5.12 Å². The summed E-state index contributed by atoms with van der Waals surface area (Å²) in [6.07, 6.45) is -4.34. The van der Waals surface area contributed by atoms with E-state index in [1.54, 1.807) is 12.1 Å². The summed E-state index contributed by atoms with van der Waals surface area (Å²) in [4.78, 5) is 12.9. The van der Waals surface area contributed by atoms with Crippen molar-refractivity contribution in [3.05, 3.63) is 65.7 Å².